The summed E-state index contributed by atoms with van der Waals surface area (Å²) < 4.78 is 37.5. The first kappa shape index (κ1) is 16.7. The molecule has 1 aromatic heterocycles. The van der Waals surface area contributed by atoms with Gasteiger partial charge >= 0.3 is 6.18 Å². The first-order chi connectivity index (χ1) is 9.30. The Balaban J connectivity index is 3.10. The van der Waals surface area contributed by atoms with Gasteiger partial charge in [-0.1, -0.05) is 0 Å². The lowest BCUT2D eigenvalue weighted by Gasteiger charge is -2.24. The molecule has 0 aromatic carbocycles. The Morgan fingerprint density at radius 3 is 1.75 bits per heavy atom. The van der Waals surface area contributed by atoms with Gasteiger partial charge in [0.1, 0.15) is 6.54 Å². The predicted molar refractivity (Wildman–Crippen MR) is 72.3 cm³/mol. The summed E-state index contributed by atoms with van der Waals surface area (Å²) in [5.41, 5.74) is 0. The first-order valence-electron chi connectivity index (χ1n) is 6.28. The van der Waals surface area contributed by atoms with E-state index in [1.54, 1.807) is 11.8 Å². The molecule has 0 saturated heterocycles. The van der Waals surface area contributed by atoms with Gasteiger partial charge in [0.2, 0.25) is 17.2 Å². The molecule has 0 unspecified atom stereocenters. The van der Waals surface area contributed by atoms with Crippen LogP contribution in [0.5, 0.6) is 0 Å². The average molecular weight is 312 g/mol. The molecule has 114 valence electrons. The van der Waals surface area contributed by atoms with Crippen LogP contribution < -0.4 is 9.80 Å². The minimum atomic E-state index is -4.33. The fraction of sp³-hybridized carbons (Fsp3) is 0.727. The molecular formula is C11H17ClF3N5. The van der Waals surface area contributed by atoms with Crippen LogP contribution in [0.1, 0.15) is 20.8 Å². The molecule has 0 N–H and O–H groups in total. The van der Waals surface area contributed by atoms with E-state index < -0.39 is 12.7 Å². The number of anilines is 2. The highest BCUT2D eigenvalue weighted by atomic mass is 35.5. The van der Waals surface area contributed by atoms with Crippen LogP contribution in [0.4, 0.5) is 25.1 Å². The number of rotatable bonds is 6. The van der Waals surface area contributed by atoms with Crippen molar-refractivity contribution in [3.63, 3.8) is 0 Å². The van der Waals surface area contributed by atoms with Gasteiger partial charge < -0.3 is 9.80 Å². The molecule has 0 saturated carbocycles. The lowest BCUT2D eigenvalue weighted by atomic mass is 10.5. The monoisotopic (exact) mass is 311 g/mol. The van der Waals surface area contributed by atoms with E-state index in [9.17, 15) is 13.2 Å². The minimum Gasteiger partial charge on any atom is -0.341 e. The summed E-state index contributed by atoms with van der Waals surface area (Å²) in [5, 5.41) is -0.113. The second-order valence-corrected chi connectivity index (χ2v) is 4.34. The van der Waals surface area contributed by atoms with E-state index in [0.29, 0.717) is 13.1 Å². The molecule has 1 rings (SSSR count). The van der Waals surface area contributed by atoms with Crippen molar-refractivity contribution in [2.45, 2.75) is 26.9 Å². The molecule has 0 atom stereocenters. The molecule has 9 heteroatoms. The van der Waals surface area contributed by atoms with Crippen molar-refractivity contribution in [1.82, 2.24) is 15.0 Å². The largest absolute Gasteiger partial charge is 0.406 e. The highest BCUT2D eigenvalue weighted by molar-refractivity contribution is 6.28. The van der Waals surface area contributed by atoms with Gasteiger partial charge in [-0.3, -0.25) is 0 Å². The third kappa shape index (κ3) is 4.66. The van der Waals surface area contributed by atoms with E-state index >= 15 is 0 Å². The average Bonchev–Trinajstić information content (AvgIpc) is 2.35. The standard InChI is InChI=1S/C11H17ClF3N5/c1-4-19(5-2)9-16-8(12)17-10(18-9)20(6-3)7-11(13,14)15/h4-7H2,1-3H3. The van der Waals surface area contributed by atoms with Gasteiger partial charge in [0.05, 0.1) is 0 Å². The Bertz CT molecular complexity index is 437. The number of alkyl halides is 3. The van der Waals surface area contributed by atoms with Crippen molar-refractivity contribution in [2.75, 3.05) is 36.0 Å². The topological polar surface area (TPSA) is 45.2 Å². The fourth-order valence-electron chi connectivity index (χ4n) is 1.66. The predicted octanol–water partition coefficient (Wildman–Crippen LogP) is 2.76. The van der Waals surface area contributed by atoms with Crippen LogP contribution in [-0.4, -0.2) is 47.3 Å². The van der Waals surface area contributed by atoms with Crippen LogP contribution in [0, 0.1) is 0 Å². The van der Waals surface area contributed by atoms with Crippen molar-refractivity contribution >= 4 is 23.5 Å². The van der Waals surface area contributed by atoms with Gasteiger partial charge in [0, 0.05) is 19.6 Å². The number of hydrogen-bond acceptors (Lipinski definition) is 5. The van der Waals surface area contributed by atoms with Gasteiger partial charge in [-0.2, -0.15) is 28.1 Å². The highest BCUT2D eigenvalue weighted by Gasteiger charge is 2.31. The normalized spacial score (nSPS) is 11.6. The van der Waals surface area contributed by atoms with Gasteiger partial charge in [-0.25, -0.2) is 0 Å². The fourth-order valence-corrected chi connectivity index (χ4v) is 1.81. The van der Waals surface area contributed by atoms with E-state index in [4.69, 9.17) is 11.6 Å². The molecule has 0 aliphatic carbocycles. The summed E-state index contributed by atoms with van der Waals surface area (Å²) in [5.74, 6) is 0.220. The van der Waals surface area contributed by atoms with E-state index in [0.717, 1.165) is 4.90 Å². The molecule has 5 nitrogen and oxygen atoms in total. The molecule has 0 radical (unpaired) electrons. The summed E-state index contributed by atoms with van der Waals surface area (Å²) in [6, 6.07) is 0. The quantitative estimate of drug-likeness (QED) is 0.808. The van der Waals surface area contributed by atoms with Gasteiger partial charge in [0.15, 0.2) is 0 Å². The smallest absolute Gasteiger partial charge is 0.341 e. The highest BCUT2D eigenvalue weighted by Crippen LogP contribution is 2.21. The van der Waals surface area contributed by atoms with Gasteiger partial charge in [0.25, 0.3) is 0 Å². The van der Waals surface area contributed by atoms with Crippen LogP contribution in [0.25, 0.3) is 0 Å². The molecule has 20 heavy (non-hydrogen) atoms. The third-order valence-electron chi connectivity index (χ3n) is 2.67. The van der Waals surface area contributed by atoms with Crippen LogP contribution in [-0.2, 0) is 0 Å². The third-order valence-corrected chi connectivity index (χ3v) is 2.83. The lowest BCUT2D eigenvalue weighted by Crippen LogP contribution is -2.36. The second-order valence-electron chi connectivity index (χ2n) is 4.01. The number of hydrogen-bond donors (Lipinski definition) is 0. The first-order valence-corrected chi connectivity index (χ1v) is 6.66. The zero-order valence-electron chi connectivity index (χ0n) is 11.6. The summed E-state index contributed by atoms with van der Waals surface area (Å²) in [7, 11) is 0. The Morgan fingerprint density at radius 1 is 0.900 bits per heavy atom. The Morgan fingerprint density at radius 2 is 1.35 bits per heavy atom. The molecule has 1 heterocycles. The lowest BCUT2D eigenvalue weighted by molar-refractivity contribution is -0.119. The molecular weight excluding hydrogens is 295 g/mol. The van der Waals surface area contributed by atoms with Crippen molar-refractivity contribution in [3.8, 4) is 0 Å². The minimum absolute atomic E-state index is 0.0632. The molecule has 0 bridgehead atoms. The van der Waals surface area contributed by atoms with E-state index in [1.165, 1.54) is 0 Å². The Hall–Kier alpha value is -1.31. The summed E-state index contributed by atoms with van der Waals surface area (Å²) in [4.78, 5) is 14.6. The van der Waals surface area contributed by atoms with Crippen molar-refractivity contribution in [2.24, 2.45) is 0 Å². The van der Waals surface area contributed by atoms with E-state index in [2.05, 4.69) is 15.0 Å². The van der Waals surface area contributed by atoms with Crippen LogP contribution in [0.3, 0.4) is 0 Å². The summed E-state index contributed by atoms with van der Waals surface area (Å²) >= 11 is 5.78. The maximum atomic E-state index is 12.5. The Labute approximate surface area is 120 Å². The maximum Gasteiger partial charge on any atom is 0.406 e. The molecule has 0 spiro atoms. The van der Waals surface area contributed by atoms with Crippen molar-refractivity contribution in [3.05, 3.63) is 5.28 Å². The molecule has 0 amide bonds. The second kappa shape index (κ2) is 6.92. The summed E-state index contributed by atoms with van der Waals surface area (Å²) in [6.45, 7) is 5.64. The van der Waals surface area contributed by atoms with Crippen molar-refractivity contribution < 1.29 is 13.2 Å². The van der Waals surface area contributed by atoms with Crippen LogP contribution in [0.15, 0.2) is 0 Å². The SMILES string of the molecule is CCN(CC)c1nc(Cl)nc(N(CC)CC(F)(F)F)n1. The molecule has 0 aliphatic heterocycles. The van der Waals surface area contributed by atoms with Crippen molar-refractivity contribution in [1.29, 1.82) is 0 Å². The van der Waals surface area contributed by atoms with E-state index in [1.807, 2.05) is 13.8 Å². The van der Waals surface area contributed by atoms with Crippen LogP contribution in [0.2, 0.25) is 5.28 Å². The zero-order valence-corrected chi connectivity index (χ0v) is 12.3. The van der Waals surface area contributed by atoms with Gasteiger partial charge in [-0.15, -0.1) is 0 Å². The number of nitrogens with zero attached hydrogens (tertiary/aromatic N) is 5. The zero-order chi connectivity index (χ0) is 15.3. The number of halogens is 4. The van der Waals surface area contributed by atoms with Crippen LogP contribution >= 0.6 is 11.6 Å². The Kier molecular flexibility index (Phi) is 5.79. The molecule has 0 aliphatic rings. The summed E-state index contributed by atoms with van der Waals surface area (Å²) in [6.07, 6.45) is -4.33. The number of aromatic nitrogens is 3. The maximum absolute atomic E-state index is 12.5. The van der Waals surface area contributed by atoms with E-state index in [-0.39, 0.29) is 23.7 Å². The van der Waals surface area contributed by atoms with Gasteiger partial charge in [-0.05, 0) is 32.4 Å². The molecule has 1 aromatic rings. The molecule has 0 fully saturated rings.